The molecular formula is C17H21NO3. The number of carbonyl (C=O) groups is 1. The third kappa shape index (κ3) is 3.27. The monoisotopic (exact) mass is 287 g/mol. The Morgan fingerprint density at radius 3 is 2.76 bits per heavy atom. The molecule has 0 aliphatic carbocycles. The number of fused-ring (bicyclic) bond motifs is 1. The molecule has 112 valence electrons. The molecule has 2 rings (SSSR count). The number of nitrogens with zero attached hydrogens (tertiary/aromatic N) is 1. The summed E-state index contributed by atoms with van der Waals surface area (Å²) in [5, 5.41) is 1.09. The number of carbonyl (C=O) groups excluding carboxylic acids is 1. The number of allylic oxidation sites excluding steroid dienone is 1. The zero-order valence-corrected chi connectivity index (χ0v) is 12.8. The van der Waals surface area contributed by atoms with Gasteiger partial charge in [-0.05, 0) is 31.5 Å². The highest BCUT2D eigenvalue weighted by atomic mass is 16.5. The van der Waals surface area contributed by atoms with Crippen molar-refractivity contribution >= 4 is 16.9 Å². The van der Waals surface area contributed by atoms with E-state index in [-0.39, 0.29) is 5.97 Å². The van der Waals surface area contributed by atoms with Gasteiger partial charge in [0.25, 0.3) is 0 Å². The quantitative estimate of drug-likeness (QED) is 0.602. The standard InChI is InChI=1S/C17H21NO3/c1-4-13(17(19)20-3)9-11-18-12-10-14-15(18)7-6-8-16(14)21-5-2/h6-10,12H,4-5,11H2,1-3H3/b13-9-. The second-order valence-electron chi connectivity index (χ2n) is 4.66. The Kier molecular flexibility index (Phi) is 5.04. The molecule has 0 aliphatic rings. The maximum atomic E-state index is 11.6. The Balaban J connectivity index is 2.29. The van der Waals surface area contributed by atoms with Crippen molar-refractivity contribution in [2.24, 2.45) is 0 Å². The van der Waals surface area contributed by atoms with Crippen molar-refractivity contribution in [1.29, 1.82) is 0 Å². The van der Waals surface area contributed by atoms with Crippen molar-refractivity contribution in [1.82, 2.24) is 4.57 Å². The van der Waals surface area contributed by atoms with Crippen molar-refractivity contribution in [2.45, 2.75) is 26.8 Å². The van der Waals surface area contributed by atoms with Crippen LogP contribution in [0.2, 0.25) is 0 Å². The molecular weight excluding hydrogens is 266 g/mol. The van der Waals surface area contributed by atoms with E-state index >= 15 is 0 Å². The van der Waals surface area contributed by atoms with Crippen LogP contribution >= 0.6 is 0 Å². The van der Waals surface area contributed by atoms with Crippen LogP contribution in [-0.4, -0.2) is 24.3 Å². The zero-order valence-electron chi connectivity index (χ0n) is 12.8. The van der Waals surface area contributed by atoms with Crippen LogP contribution in [0, 0.1) is 0 Å². The third-order valence-electron chi connectivity index (χ3n) is 3.44. The third-order valence-corrected chi connectivity index (χ3v) is 3.44. The first-order valence-electron chi connectivity index (χ1n) is 7.19. The first-order valence-corrected chi connectivity index (χ1v) is 7.19. The lowest BCUT2D eigenvalue weighted by molar-refractivity contribution is -0.136. The molecule has 0 atom stereocenters. The molecule has 1 heterocycles. The minimum absolute atomic E-state index is 0.260. The maximum Gasteiger partial charge on any atom is 0.333 e. The Bertz CT molecular complexity index is 655. The summed E-state index contributed by atoms with van der Waals surface area (Å²) in [5.74, 6) is 0.630. The van der Waals surface area contributed by atoms with Crippen LogP contribution in [0.25, 0.3) is 10.9 Å². The first-order chi connectivity index (χ1) is 10.2. The van der Waals surface area contributed by atoms with Crippen LogP contribution < -0.4 is 4.74 Å². The van der Waals surface area contributed by atoms with E-state index in [2.05, 4.69) is 10.6 Å². The van der Waals surface area contributed by atoms with Crippen molar-refractivity contribution in [3.05, 3.63) is 42.1 Å². The van der Waals surface area contributed by atoms with Gasteiger partial charge in [0.05, 0.1) is 19.2 Å². The normalized spacial score (nSPS) is 11.7. The maximum absolute atomic E-state index is 11.6. The van der Waals surface area contributed by atoms with Crippen LogP contribution in [0.1, 0.15) is 20.3 Å². The molecule has 4 heteroatoms. The summed E-state index contributed by atoms with van der Waals surface area (Å²) in [6.45, 7) is 5.20. The molecule has 0 spiro atoms. The van der Waals surface area contributed by atoms with Gasteiger partial charge in [0.15, 0.2) is 0 Å². The smallest absolute Gasteiger partial charge is 0.333 e. The fourth-order valence-electron chi connectivity index (χ4n) is 2.35. The average molecular weight is 287 g/mol. The van der Waals surface area contributed by atoms with Gasteiger partial charge < -0.3 is 14.0 Å². The number of hydrogen-bond donors (Lipinski definition) is 0. The second kappa shape index (κ2) is 6.97. The Hall–Kier alpha value is -2.23. The molecule has 0 bridgehead atoms. The SMILES string of the molecule is CCOc1cccc2c1ccn2C/C=C(/CC)C(=O)OC. The molecule has 21 heavy (non-hydrogen) atoms. The molecule has 0 amide bonds. The highest BCUT2D eigenvalue weighted by molar-refractivity contribution is 5.88. The lowest BCUT2D eigenvalue weighted by atomic mass is 10.2. The van der Waals surface area contributed by atoms with Gasteiger partial charge in [-0.1, -0.05) is 19.1 Å². The van der Waals surface area contributed by atoms with E-state index in [1.807, 2.05) is 44.3 Å². The molecule has 0 saturated carbocycles. The number of aromatic nitrogens is 1. The highest BCUT2D eigenvalue weighted by Gasteiger charge is 2.08. The van der Waals surface area contributed by atoms with Gasteiger partial charge in [-0.3, -0.25) is 0 Å². The zero-order chi connectivity index (χ0) is 15.2. The average Bonchev–Trinajstić information content (AvgIpc) is 2.92. The van der Waals surface area contributed by atoms with Gasteiger partial charge in [-0.2, -0.15) is 0 Å². The van der Waals surface area contributed by atoms with E-state index in [0.717, 1.165) is 16.7 Å². The molecule has 0 N–H and O–H groups in total. The van der Waals surface area contributed by atoms with E-state index < -0.39 is 0 Å². The second-order valence-corrected chi connectivity index (χ2v) is 4.66. The van der Waals surface area contributed by atoms with E-state index in [1.54, 1.807) is 0 Å². The highest BCUT2D eigenvalue weighted by Crippen LogP contribution is 2.26. The Morgan fingerprint density at radius 1 is 1.29 bits per heavy atom. The van der Waals surface area contributed by atoms with Crippen molar-refractivity contribution in [3.8, 4) is 5.75 Å². The first kappa shape index (κ1) is 15.2. The van der Waals surface area contributed by atoms with Crippen molar-refractivity contribution in [2.75, 3.05) is 13.7 Å². The lowest BCUT2D eigenvalue weighted by Crippen LogP contribution is -2.05. The van der Waals surface area contributed by atoms with Crippen LogP contribution in [0.15, 0.2) is 42.1 Å². The minimum atomic E-state index is -0.260. The summed E-state index contributed by atoms with van der Waals surface area (Å²) in [5.41, 5.74) is 1.79. The summed E-state index contributed by atoms with van der Waals surface area (Å²) < 4.78 is 12.5. The van der Waals surface area contributed by atoms with Crippen LogP contribution in [0.3, 0.4) is 0 Å². The Labute approximate surface area is 125 Å². The largest absolute Gasteiger partial charge is 0.493 e. The number of benzene rings is 1. The fourth-order valence-corrected chi connectivity index (χ4v) is 2.35. The van der Waals surface area contributed by atoms with Gasteiger partial charge in [0.1, 0.15) is 5.75 Å². The van der Waals surface area contributed by atoms with Crippen molar-refractivity contribution < 1.29 is 14.3 Å². The van der Waals surface area contributed by atoms with E-state index in [0.29, 0.717) is 25.1 Å². The molecule has 4 nitrogen and oxygen atoms in total. The number of methoxy groups -OCH3 is 1. The van der Waals surface area contributed by atoms with Gasteiger partial charge >= 0.3 is 5.97 Å². The Morgan fingerprint density at radius 2 is 2.10 bits per heavy atom. The van der Waals surface area contributed by atoms with Crippen molar-refractivity contribution in [3.63, 3.8) is 0 Å². The summed E-state index contributed by atoms with van der Waals surface area (Å²) >= 11 is 0. The van der Waals surface area contributed by atoms with Gasteiger partial charge in [-0.25, -0.2) is 4.79 Å². The minimum Gasteiger partial charge on any atom is -0.493 e. The summed E-state index contributed by atoms with van der Waals surface area (Å²) in [6.07, 6.45) is 4.59. The van der Waals surface area contributed by atoms with E-state index in [4.69, 9.17) is 9.47 Å². The van der Waals surface area contributed by atoms with Gasteiger partial charge in [-0.15, -0.1) is 0 Å². The molecule has 1 aromatic heterocycles. The van der Waals surface area contributed by atoms with E-state index in [9.17, 15) is 4.79 Å². The fraction of sp³-hybridized carbons (Fsp3) is 0.353. The molecule has 0 fully saturated rings. The van der Waals surface area contributed by atoms with Gasteiger partial charge in [0, 0.05) is 23.7 Å². The topological polar surface area (TPSA) is 40.5 Å². The number of esters is 1. The predicted octanol–water partition coefficient (Wildman–Crippen LogP) is 3.55. The summed E-state index contributed by atoms with van der Waals surface area (Å²) in [7, 11) is 1.41. The molecule has 0 aliphatic heterocycles. The molecule has 2 aromatic rings. The predicted molar refractivity (Wildman–Crippen MR) is 83.5 cm³/mol. The van der Waals surface area contributed by atoms with Crippen LogP contribution in [0.4, 0.5) is 0 Å². The van der Waals surface area contributed by atoms with Gasteiger partial charge in [0.2, 0.25) is 0 Å². The van der Waals surface area contributed by atoms with E-state index in [1.165, 1.54) is 7.11 Å². The number of hydrogen-bond acceptors (Lipinski definition) is 3. The summed E-state index contributed by atoms with van der Waals surface area (Å²) in [4.78, 5) is 11.6. The number of ether oxygens (including phenoxy) is 2. The van der Waals surface area contributed by atoms with Crippen LogP contribution in [0.5, 0.6) is 5.75 Å². The van der Waals surface area contributed by atoms with Crippen LogP contribution in [-0.2, 0) is 16.1 Å². The molecule has 0 saturated heterocycles. The molecule has 0 unspecified atom stereocenters. The molecule has 0 radical (unpaired) electrons. The summed E-state index contributed by atoms with van der Waals surface area (Å²) in [6, 6.07) is 8.04. The molecule has 1 aromatic carbocycles. The lowest BCUT2D eigenvalue weighted by Gasteiger charge is -2.07. The number of rotatable bonds is 6.